The quantitative estimate of drug-likeness (QED) is 0.629. The fraction of sp³-hybridized carbons (Fsp3) is 0.308. The maximum atomic E-state index is 12.5. The molecule has 1 fully saturated rings. The summed E-state index contributed by atoms with van der Waals surface area (Å²) >= 11 is 11.7. The Morgan fingerprint density at radius 2 is 1.86 bits per heavy atom. The second-order valence-corrected chi connectivity index (χ2v) is 5.18. The topological polar surface area (TPSA) is 72.9 Å². The van der Waals surface area contributed by atoms with E-state index in [1.54, 1.807) is 0 Å². The van der Waals surface area contributed by atoms with Crippen molar-refractivity contribution >= 4 is 46.9 Å². The predicted molar refractivity (Wildman–Crippen MR) is 75.5 cm³/mol. The lowest BCUT2D eigenvalue weighted by atomic mass is 10.00. The van der Waals surface area contributed by atoms with Crippen LogP contribution in [-0.4, -0.2) is 30.7 Å². The highest BCUT2D eigenvalue weighted by atomic mass is 35.5. The highest BCUT2D eigenvalue weighted by Crippen LogP contribution is 2.35. The van der Waals surface area contributed by atoms with Gasteiger partial charge in [0, 0.05) is 16.5 Å². The molecule has 0 N–H and O–H groups in total. The van der Waals surface area contributed by atoms with E-state index in [0.29, 0.717) is 0 Å². The molecule has 1 aromatic carbocycles. The van der Waals surface area contributed by atoms with Gasteiger partial charge in [0.05, 0.1) is 12.8 Å². The van der Waals surface area contributed by atoms with Gasteiger partial charge in [0.1, 0.15) is 0 Å². The van der Waals surface area contributed by atoms with Crippen molar-refractivity contribution in [1.29, 1.82) is 0 Å². The van der Waals surface area contributed by atoms with Crippen molar-refractivity contribution < 1.29 is 23.9 Å². The van der Waals surface area contributed by atoms with Gasteiger partial charge in [-0.1, -0.05) is 30.1 Å². The number of anilines is 1. The molecule has 0 aliphatic carbocycles. The Morgan fingerprint density at radius 3 is 2.33 bits per heavy atom. The number of amides is 2. The molecule has 1 saturated heterocycles. The monoisotopic (exact) mass is 331 g/mol. The summed E-state index contributed by atoms with van der Waals surface area (Å²) in [5.41, 5.74) is -1.84. The van der Waals surface area contributed by atoms with E-state index in [1.807, 2.05) is 0 Å². The van der Waals surface area contributed by atoms with E-state index in [4.69, 9.17) is 27.9 Å². The largest absolute Gasteiger partial charge is 0.466 e. The molecular formula is C13H11Cl2NO5. The molecule has 0 spiro atoms. The SMILES string of the molecule is CCC1(C(=O)OC)OC(=O)N(c2cc(Cl)cc(Cl)c2)C1=O. The van der Waals surface area contributed by atoms with Gasteiger partial charge in [0.25, 0.3) is 11.5 Å². The second kappa shape index (κ2) is 5.54. The third kappa shape index (κ3) is 2.45. The molecule has 0 aromatic heterocycles. The summed E-state index contributed by atoms with van der Waals surface area (Å²) in [6.45, 7) is 1.54. The van der Waals surface area contributed by atoms with Gasteiger partial charge in [-0.15, -0.1) is 0 Å². The number of methoxy groups -OCH3 is 1. The van der Waals surface area contributed by atoms with Crippen LogP contribution in [0.4, 0.5) is 10.5 Å². The van der Waals surface area contributed by atoms with Gasteiger partial charge < -0.3 is 9.47 Å². The fourth-order valence-corrected chi connectivity index (χ4v) is 2.57. The fourth-order valence-electron chi connectivity index (χ4n) is 2.05. The third-order valence-corrected chi connectivity index (χ3v) is 3.55. The van der Waals surface area contributed by atoms with Crippen LogP contribution in [0.25, 0.3) is 0 Å². The van der Waals surface area contributed by atoms with Crippen LogP contribution in [0.15, 0.2) is 18.2 Å². The van der Waals surface area contributed by atoms with Crippen molar-refractivity contribution in [2.75, 3.05) is 12.0 Å². The van der Waals surface area contributed by atoms with E-state index in [-0.39, 0.29) is 22.2 Å². The Bertz CT molecular complexity index is 613. The lowest BCUT2D eigenvalue weighted by Crippen LogP contribution is -2.48. The van der Waals surface area contributed by atoms with Crippen LogP contribution in [0.5, 0.6) is 0 Å². The van der Waals surface area contributed by atoms with E-state index in [2.05, 4.69) is 4.74 Å². The van der Waals surface area contributed by atoms with Gasteiger partial charge in [-0.3, -0.25) is 4.79 Å². The number of carbonyl (C=O) groups is 3. The first kappa shape index (κ1) is 15.6. The second-order valence-electron chi connectivity index (χ2n) is 4.31. The lowest BCUT2D eigenvalue weighted by Gasteiger charge is -2.20. The average molecular weight is 332 g/mol. The molecule has 6 nitrogen and oxygen atoms in total. The number of esters is 1. The Balaban J connectivity index is 2.49. The Labute approximate surface area is 130 Å². The number of ether oxygens (including phenoxy) is 2. The highest BCUT2D eigenvalue weighted by Gasteiger charge is 2.59. The summed E-state index contributed by atoms with van der Waals surface area (Å²) in [6.07, 6.45) is -1.03. The standard InChI is InChI=1S/C13H11Cl2NO5/c1-3-13(11(18)20-2)10(17)16(12(19)21-13)9-5-7(14)4-8(15)6-9/h4-6H,3H2,1-2H3. The molecule has 0 saturated carbocycles. The first-order valence-corrected chi connectivity index (χ1v) is 6.73. The average Bonchev–Trinajstić information content (AvgIpc) is 2.68. The molecule has 112 valence electrons. The molecule has 1 heterocycles. The zero-order chi connectivity index (χ0) is 15.8. The molecule has 1 atom stereocenters. The third-order valence-electron chi connectivity index (χ3n) is 3.11. The zero-order valence-corrected chi connectivity index (χ0v) is 12.7. The Morgan fingerprint density at radius 1 is 1.29 bits per heavy atom. The summed E-state index contributed by atoms with van der Waals surface area (Å²) in [5.74, 6) is -1.76. The molecule has 1 aliphatic rings. The molecule has 2 rings (SSSR count). The van der Waals surface area contributed by atoms with Gasteiger partial charge in [-0.05, 0) is 18.2 Å². The minimum atomic E-state index is -1.97. The van der Waals surface area contributed by atoms with Crippen molar-refractivity contribution in [3.8, 4) is 0 Å². The maximum Gasteiger partial charge on any atom is 0.423 e. The van der Waals surface area contributed by atoms with Crippen molar-refractivity contribution in [1.82, 2.24) is 0 Å². The van der Waals surface area contributed by atoms with Gasteiger partial charge in [0.15, 0.2) is 0 Å². The summed E-state index contributed by atoms with van der Waals surface area (Å²) in [7, 11) is 1.11. The van der Waals surface area contributed by atoms with Crippen LogP contribution in [-0.2, 0) is 19.1 Å². The number of imide groups is 1. The summed E-state index contributed by atoms with van der Waals surface area (Å²) in [5, 5.41) is 0.482. The molecule has 1 aromatic rings. The predicted octanol–water partition coefficient (Wildman–Crippen LogP) is 2.80. The van der Waals surface area contributed by atoms with E-state index < -0.39 is 23.6 Å². The molecule has 21 heavy (non-hydrogen) atoms. The molecule has 0 radical (unpaired) electrons. The number of cyclic esters (lactones) is 1. The van der Waals surface area contributed by atoms with Gasteiger partial charge in [0.2, 0.25) is 0 Å². The number of carbonyl (C=O) groups excluding carboxylic acids is 3. The van der Waals surface area contributed by atoms with Gasteiger partial charge in [-0.25, -0.2) is 14.5 Å². The number of hydrogen-bond acceptors (Lipinski definition) is 5. The molecule has 2 amide bonds. The maximum absolute atomic E-state index is 12.5. The number of halogens is 2. The van der Waals surface area contributed by atoms with Crippen LogP contribution >= 0.6 is 23.2 Å². The lowest BCUT2D eigenvalue weighted by molar-refractivity contribution is -0.164. The highest BCUT2D eigenvalue weighted by molar-refractivity contribution is 6.36. The molecule has 1 aliphatic heterocycles. The molecule has 0 bridgehead atoms. The molecule has 1 unspecified atom stereocenters. The van der Waals surface area contributed by atoms with Gasteiger partial charge in [-0.2, -0.15) is 0 Å². The minimum absolute atomic E-state index is 0.0466. The van der Waals surface area contributed by atoms with Crippen molar-refractivity contribution in [3.63, 3.8) is 0 Å². The first-order chi connectivity index (χ1) is 9.85. The van der Waals surface area contributed by atoms with E-state index in [9.17, 15) is 14.4 Å². The summed E-state index contributed by atoms with van der Waals surface area (Å²) in [4.78, 5) is 37.0. The normalized spacial score (nSPS) is 21.4. The van der Waals surface area contributed by atoms with Crippen molar-refractivity contribution in [2.45, 2.75) is 18.9 Å². The van der Waals surface area contributed by atoms with E-state index in [0.717, 1.165) is 12.0 Å². The summed E-state index contributed by atoms with van der Waals surface area (Å²) in [6, 6.07) is 4.19. The van der Waals surface area contributed by atoms with Crippen LogP contribution in [0, 0.1) is 0 Å². The molecular weight excluding hydrogens is 321 g/mol. The van der Waals surface area contributed by atoms with E-state index in [1.165, 1.54) is 25.1 Å². The van der Waals surface area contributed by atoms with Crippen LogP contribution in [0.3, 0.4) is 0 Å². The van der Waals surface area contributed by atoms with Gasteiger partial charge >= 0.3 is 12.1 Å². The Hall–Kier alpha value is -1.79. The summed E-state index contributed by atoms with van der Waals surface area (Å²) < 4.78 is 9.55. The minimum Gasteiger partial charge on any atom is -0.466 e. The van der Waals surface area contributed by atoms with E-state index >= 15 is 0 Å². The zero-order valence-electron chi connectivity index (χ0n) is 11.2. The first-order valence-electron chi connectivity index (χ1n) is 5.97. The van der Waals surface area contributed by atoms with Crippen LogP contribution in [0.1, 0.15) is 13.3 Å². The number of hydrogen-bond donors (Lipinski definition) is 0. The van der Waals surface area contributed by atoms with Crippen molar-refractivity contribution in [3.05, 3.63) is 28.2 Å². The Kier molecular flexibility index (Phi) is 4.11. The number of nitrogens with zero attached hydrogens (tertiary/aromatic N) is 1. The number of benzene rings is 1. The van der Waals surface area contributed by atoms with Crippen LogP contribution < -0.4 is 4.90 Å². The number of rotatable bonds is 3. The smallest absolute Gasteiger partial charge is 0.423 e. The molecule has 8 heteroatoms. The van der Waals surface area contributed by atoms with Crippen molar-refractivity contribution in [2.24, 2.45) is 0 Å². The van der Waals surface area contributed by atoms with Crippen LogP contribution in [0.2, 0.25) is 10.0 Å².